The van der Waals surface area contributed by atoms with Gasteiger partial charge in [0.2, 0.25) is 0 Å². The number of ether oxygens (including phenoxy) is 1. The second kappa shape index (κ2) is 10.2. The predicted octanol–water partition coefficient (Wildman–Crippen LogP) is 2.59. The average Bonchev–Trinajstić information content (AvgIpc) is 2.63. The molecule has 138 valence electrons. The van der Waals surface area contributed by atoms with E-state index in [-0.39, 0.29) is 44.0 Å². The fourth-order valence-electron chi connectivity index (χ4n) is 2.05. The lowest BCUT2D eigenvalue weighted by atomic mass is 10.2. The average molecular weight is 380 g/mol. The molecule has 0 aromatic heterocycles. The third-order valence-electron chi connectivity index (χ3n) is 3.27. The Kier molecular flexibility index (Phi) is 7.70. The lowest BCUT2D eigenvalue weighted by Gasteiger charge is -2.10. The van der Waals surface area contributed by atoms with E-state index < -0.39 is 0 Å². The maximum absolute atomic E-state index is 13.0. The van der Waals surface area contributed by atoms with Crippen molar-refractivity contribution in [1.29, 1.82) is 0 Å². The van der Waals surface area contributed by atoms with Crippen molar-refractivity contribution in [2.24, 2.45) is 0 Å². The Balaban J connectivity index is 1.56. The van der Waals surface area contributed by atoms with Crippen LogP contribution in [0.1, 0.15) is 10.4 Å². The summed E-state index contributed by atoms with van der Waals surface area (Å²) in [5, 5.41) is 8.22. The highest BCUT2D eigenvalue weighted by atomic mass is 35.5. The number of carbonyl (C=O) groups is 2. The van der Waals surface area contributed by atoms with Crippen molar-refractivity contribution in [3.63, 3.8) is 0 Å². The Morgan fingerprint density at radius 2 is 1.69 bits per heavy atom. The van der Waals surface area contributed by atoms with Crippen molar-refractivity contribution >= 4 is 23.5 Å². The quantitative estimate of drug-likeness (QED) is 0.617. The van der Waals surface area contributed by atoms with Crippen LogP contribution in [0.3, 0.4) is 0 Å². The van der Waals surface area contributed by atoms with E-state index >= 15 is 0 Å². The van der Waals surface area contributed by atoms with Gasteiger partial charge < -0.3 is 20.7 Å². The molecule has 0 aliphatic heterocycles. The highest BCUT2D eigenvalue weighted by Crippen LogP contribution is 2.14. The molecular formula is C18H19ClFN3O3. The van der Waals surface area contributed by atoms with E-state index in [2.05, 4.69) is 16.0 Å². The first-order valence-electron chi connectivity index (χ1n) is 7.99. The second-order valence-corrected chi connectivity index (χ2v) is 5.63. The molecule has 3 amide bonds. The Morgan fingerprint density at radius 1 is 0.962 bits per heavy atom. The lowest BCUT2D eigenvalue weighted by molar-refractivity contribution is 0.0954. The molecule has 0 unspecified atom stereocenters. The van der Waals surface area contributed by atoms with E-state index in [0.29, 0.717) is 16.3 Å². The second-order valence-electron chi connectivity index (χ2n) is 5.22. The number of rotatable bonds is 8. The van der Waals surface area contributed by atoms with Gasteiger partial charge in [-0.3, -0.25) is 4.79 Å². The van der Waals surface area contributed by atoms with Crippen molar-refractivity contribution < 1.29 is 18.7 Å². The molecule has 0 bridgehead atoms. The Hall–Kier alpha value is -2.80. The van der Waals surface area contributed by atoms with Crippen LogP contribution in [0.2, 0.25) is 5.02 Å². The number of hydrogen-bond donors (Lipinski definition) is 3. The zero-order valence-electron chi connectivity index (χ0n) is 13.9. The van der Waals surface area contributed by atoms with Crippen LogP contribution >= 0.6 is 11.6 Å². The van der Waals surface area contributed by atoms with Gasteiger partial charge in [0.05, 0.1) is 17.1 Å². The molecule has 2 aromatic rings. The molecule has 26 heavy (non-hydrogen) atoms. The van der Waals surface area contributed by atoms with Gasteiger partial charge in [-0.25, -0.2) is 9.18 Å². The minimum atomic E-state index is -0.389. The SMILES string of the molecule is O=C(NCCNC(=O)c1ccccc1Cl)NCCOc1cccc(F)c1. The van der Waals surface area contributed by atoms with Gasteiger partial charge in [0.25, 0.3) is 5.91 Å². The molecule has 2 rings (SSSR count). The van der Waals surface area contributed by atoms with E-state index in [1.54, 1.807) is 36.4 Å². The maximum atomic E-state index is 13.0. The van der Waals surface area contributed by atoms with Crippen molar-refractivity contribution in [3.05, 3.63) is 64.9 Å². The Labute approximate surface area is 155 Å². The largest absolute Gasteiger partial charge is 0.492 e. The summed E-state index contributed by atoms with van der Waals surface area (Å²) in [6.07, 6.45) is 0. The van der Waals surface area contributed by atoms with Crippen LogP contribution in [0.4, 0.5) is 9.18 Å². The molecule has 0 atom stereocenters. The molecule has 0 heterocycles. The number of halogens is 2. The molecule has 0 spiro atoms. The van der Waals surface area contributed by atoms with Crippen molar-refractivity contribution in [1.82, 2.24) is 16.0 Å². The molecular weight excluding hydrogens is 361 g/mol. The normalized spacial score (nSPS) is 10.1. The van der Waals surface area contributed by atoms with Crippen molar-refractivity contribution in [3.8, 4) is 5.75 Å². The first kappa shape index (κ1) is 19.5. The maximum Gasteiger partial charge on any atom is 0.314 e. The molecule has 0 radical (unpaired) electrons. The molecule has 0 saturated heterocycles. The van der Waals surface area contributed by atoms with Crippen molar-refractivity contribution in [2.45, 2.75) is 0 Å². The van der Waals surface area contributed by atoms with Crippen molar-refractivity contribution in [2.75, 3.05) is 26.2 Å². The lowest BCUT2D eigenvalue weighted by Crippen LogP contribution is -2.41. The van der Waals surface area contributed by atoms with E-state index in [9.17, 15) is 14.0 Å². The van der Waals surface area contributed by atoms with Gasteiger partial charge in [0.1, 0.15) is 18.2 Å². The third-order valence-corrected chi connectivity index (χ3v) is 3.60. The minimum absolute atomic E-state index is 0.208. The van der Waals surface area contributed by atoms with E-state index in [1.807, 2.05) is 0 Å². The topological polar surface area (TPSA) is 79.5 Å². The van der Waals surface area contributed by atoms with Crippen LogP contribution in [-0.2, 0) is 0 Å². The molecule has 8 heteroatoms. The standard InChI is InChI=1S/C18H19ClFN3O3/c19-16-7-2-1-6-15(16)17(24)21-8-9-22-18(25)23-10-11-26-14-5-3-4-13(20)12-14/h1-7,12H,8-11H2,(H,21,24)(H2,22,23,25). The molecule has 0 aliphatic carbocycles. The zero-order chi connectivity index (χ0) is 18.8. The Bertz CT molecular complexity index is 758. The number of carbonyl (C=O) groups excluding carboxylic acids is 2. The smallest absolute Gasteiger partial charge is 0.314 e. The van der Waals surface area contributed by atoms with Crippen LogP contribution in [0, 0.1) is 5.82 Å². The van der Waals surface area contributed by atoms with Gasteiger partial charge in [-0.05, 0) is 24.3 Å². The van der Waals surface area contributed by atoms with Gasteiger partial charge in [-0.15, -0.1) is 0 Å². The summed E-state index contributed by atoms with van der Waals surface area (Å²) in [6.45, 7) is 0.985. The van der Waals surface area contributed by atoms with Gasteiger partial charge in [0.15, 0.2) is 0 Å². The summed E-state index contributed by atoms with van der Waals surface area (Å²) >= 11 is 5.93. The van der Waals surface area contributed by atoms with Crippen LogP contribution in [0.15, 0.2) is 48.5 Å². The van der Waals surface area contributed by atoms with E-state index in [1.165, 1.54) is 12.1 Å². The highest BCUT2D eigenvalue weighted by Gasteiger charge is 2.08. The van der Waals surface area contributed by atoms with Crippen LogP contribution in [0.5, 0.6) is 5.75 Å². The number of hydrogen-bond acceptors (Lipinski definition) is 3. The summed E-state index contributed by atoms with van der Waals surface area (Å²) < 4.78 is 18.3. The van der Waals surface area contributed by atoms with Gasteiger partial charge in [-0.1, -0.05) is 29.8 Å². The van der Waals surface area contributed by atoms with Gasteiger partial charge in [-0.2, -0.15) is 0 Å². The summed E-state index contributed by atoms with van der Waals surface area (Å²) in [5.74, 6) is -0.289. The highest BCUT2D eigenvalue weighted by molar-refractivity contribution is 6.33. The molecule has 0 aliphatic rings. The van der Waals surface area contributed by atoms with E-state index in [4.69, 9.17) is 16.3 Å². The summed E-state index contributed by atoms with van der Waals surface area (Å²) in [5.41, 5.74) is 0.383. The molecule has 6 nitrogen and oxygen atoms in total. The Morgan fingerprint density at radius 3 is 2.46 bits per heavy atom. The third kappa shape index (κ3) is 6.60. The first-order valence-corrected chi connectivity index (χ1v) is 8.37. The predicted molar refractivity (Wildman–Crippen MR) is 97.1 cm³/mol. The van der Waals surface area contributed by atoms with Crippen LogP contribution in [0.25, 0.3) is 0 Å². The summed E-state index contributed by atoms with van der Waals surface area (Å²) in [4.78, 5) is 23.5. The number of amides is 3. The monoisotopic (exact) mass is 379 g/mol. The first-order chi connectivity index (χ1) is 12.6. The van der Waals surface area contributed by atoms with E-state index in [0.717, 1.165) is 0 Å². The summed E-state index contributed by atoms with van der Waals surface area (Å²) in [7, 11) is 0. The summed E-state index contributed by atoms with van der Waals surface area (Å²) in [6, 6.07) is 12.1. The molecule has 0 fully saturated rings. The number of benzene rings is 2. The molecule has 0 saturated carbocycles. The molecule has 2 aromatic carbocycles. The minimum Gasteiger partial charge on any atom is -0.492 e. The fourth-order valence-corrected chi connectivity index (χ4v) is 2.27. The number of urea groups is 1. The zero-order valence-corrected chi connectivity index (χ0v) is 14.7. The van der Waals surface area contributed by atoms with Gasteiger partial charge >= 0.3 is 6.03 Å². The fraction of sp³-hybridized carbons (Fsp3) is 0.222. The van der Waals surface area contributed by atoms with Gasteiger partial charge in [0, 0.05) is 19.2 Å². The van der Waals surface area contributed by atoms with Crippen LogP contribution < -0.4 is 20.7 Å². The molecule has 3 N–H and O–H groups in total. The van der Waals surface area contributed by atoms with Crippen LogP contribution in [-0.4, -0.2) is 38.2 Å². The number of nitrogens with one attached hydrogen (secondary N) is 3.